The molecule has 2 N–H and O–H groups in total. The zero-order valence-electron chi connectivity index (χ0n) is 18.6. The first-order valence-electron chi connectivity index (χ1n) is 10.4. The molecule has 0 spiro atoms. The van der Waals surface area contributed by atoms with Crippen molar-refractivity contribution in [2.24, 2.45) is 7.05 Å². The summed E-state index contributed by atoms with van der Waals surface area (Å²) in [6.45, 7) is 2.75. The smallest absolute Gasteiger partial charge is 0.251 e. The van der Waals surface area contributed by atoms with Gasteiger partial charge in [0.2, 0.25) is 0 Å². The Hall–Kier alpha value is -3.94. The minimum absolute atomic E-state index is 0.133. The monoisotopic (exact) mass is 430 g/mol. The molecule has 4 aromatic rings. The maximum Gasteiger partial charge on any atom is 0.251 e. The molecule has 0 aliphatic heterocycles. The van der Waals surface area contributed by atoms with E-state index in [9.17, 15) is 4.79 Å². The fourth-order valence-corrected chi connectivity index (χ4v) is 3.71. The fourth-order valence-electron chi connectivity index (χ4n) is 3.71. The number of anilines is 1. The van der Waals surface area contributed by atoms with Gasteiger partial charge in [-0.25, -0.2) is 9.97 Å². The second-order valence-electron chi connectivity index (χ2n) is 7.65. The van der Waals surface area contributed by atoms with Gasteiger partial charge in [-0.05, 0) is 29.8 Å². The molecule has 2 aromatic carbocycles. The van der Waals surface area contributed by atoms with E-state index in [0.29, 0.717) is 17.9 Å². The fraction of sp³-hybridized carbons (Fsp3) is 0.250. The van der Waals surface area contributed by atoms with Crippen LogP contribution in [0.4, 0.5) is 5.82 Å². The average molecular weight is 431 g/mol. The van der Waals surface area contributed by atoms with Crippen molar-refractivity contribution in [3.05, 3.63) is 66.1 Å². The predicted octanol–water partition coefficient (Wildman–Crippen LogP) is 3.61. The highest BCUT2D eigenvalue weighted by atomic mass is 16.5. The van der Waals surface area contributed by atoms with Gasteiger partial charge in [0.05, 0.1) is 24.5 Å². The summed E-state index contributed by atoms with van der Waals surface area (Å²) in [7, 11) is 5.15. The van der Waals surface area contributed by atoms with E-state index in [1.54, 1.807) is 26.6 Å². The lowest BCUT2D eigenvalue weighted by atomic mass is 9.98. The highest BCUT2D eigenvalue weighted by Gasteiger charge is 2.15. The van der Waals surface area contributed by atoms with Crippen LogP contribution >= 0.6 is 0 Å². The number of aryl methyl sites for hydroxylation is 1. The molecule has 2 aromatic heterocycles. The van der Waals surface area contributed by atoms with E-state index >= 15 is 0 Å². The Bertz CT molecular complexity index is 1270. The lowest BCUT2D eigenvalue weighted by molar-refractivity contribution is 0.0962. The number of aromatic nitrogens is 4. The molecule has 0 saturated heterocycles. The second kappa shape index (κ2) is 9.05. The Morgan fingerprint density at radius 1 is 1.16 bits per heavy atom. The third-order valence-corrected chi connectivity index (χ3v) is 5.55. The summed E-state index contributed by atoms with van der Waals surface area (Å²) < 4.78 is 7.38. The molecule has 0 saturated carbocycles. The first-order chi connectivity index (χ1) is 15.5. The quantitative estimate of drug-likeness (QED) is 0.465. The number of rotatable bonds is 7. The Morgan fingerprint density at radius 3 is 2.78 bits per heavy atom. The van der Waals surface area contributed by atoms with Gasteiger partial charge in [-0.2, -0.15) is 5.10 Å². The van der Waals surface area contributed by atoms with E-state index in [-0.39, 0.29) is 11.8 Å². The normalized spacial score (nSPS) is 11.9. The molecule has 164 valence electrons. The zero-order valence-corrected chi connectivity index (χ0v) is 18.6. The number of nitrogens with zero attached hydrogens (tertiary/aromatic N) is 4. The summed E-state index contributed by atoms with van der Waals surface area (Å²) >= 11 is 0. The van der Waals surface area contributed by atoms with Crippen LogP contribution in [0.15, 0.2) is 55.0 Å². The van der Waals surface area contributed by atoms with E-state index in [4.69, 9.17) is 4.74 Å². The summed E-state index contributed by atoms with van der Waals surface area (Å²) in [6, 6.07) is 13.6. The molecule has 1 amide bonds. The molecule has 8 nitrogen and oxygen atoms in total. The third-order valence-electron chi connectivity index (χ3n) is 5.55. The highest BCUT2D eigenvalue weighted by Crippen LogP contribution is 2.29. The molecule has 1 atom stereocenters. The first-order valence-corrected chi connectivity index (χ1v) is 10.4. The minimum Gasteiger partial charge on any atom is -0.496 e. The Labute approximate surface area is 186 Å². The van der Waals surface area contributed by atoms with Gasteiger partial charge in [-0.3, -0.25) is 9.48 Å². The Kier molecular flexibility index (Phi) is 6.02. The number of benzene rings is 2. The molecule has 0 unspecified atom stereocenters. The summed E-state index contributed by atoms with van der Waals surface area (Å²) in [5.74, 6) is 1.43. The summed E-state index contributed by atoms with van der Waals surface area (Å²) in [5.41, 5.74) is 4.51. The highest BCUT2D eigenvalue weighted by molar-refractivity contribution is 5.94. The van der Waals surface area contributed by atoms with Crippen LogP contribution in [0.3, 0.4) is 0 Å². The maximum absolute atomic E-state index is 11.9. The van der Waals surface area contributed by atoms with E-state index in [1.807, 2.05) is 48.3 Å². The zero-order chi connectivity index (χ0) is 22.7. The minimum atomic E-state index is -0.140. The van der Waals surface area contributed by atoms with Gasteiger partial charge in [0.1, 0.15) is 17.9 Å². The standard InChI is InChI=1S/C24H26N6O2/c1-15(19-7-5-17(24(31)25-2)10-22(19)32-4)12-26-23-11-20(27-14-28-23)16-6-8-21-18(9-16)13-29-30(21)3/h5-11,13-15H,12H2,1-4H3,(H,25,31)(H,26,27,28)/t15-/m1/s1. The van der Waals surface area contributed by atoms with Crippen LogP contribution < -0.4 is 15.4 Å². The number of hydrogen-bond acceptors (Lipinski definition) is 6. The van der Waals surface area contributed by atoms with Gasteiger partial charge in [-0.1, -0.05) is 19.1 Å². The van der Waals surface area contributed by atoms with Gasteiger partial charge in [-0.15, -0.1) is 0 Å². The first kappa shape index (κ1) is 21.3. The van der Waals surface area contributed by atoms with Gasteiger partial charge < -0.3 is 15.4 Å². The third kappa shape index (κ3) is 4.25. The van der Waals surface area contributed by atoms with Gasteiger partial charge in [0.15, 0.2) is 0 Å². The number of carbonyl (C=O) groups excluding carboxylic acids is 1. The number of nitrogens with one attached hydrogen (secondary N) is 2. The molecule has 8 heteroatoms. The Morgan fingerprint density at radius 2 is 2.00 bits per heavy atom. The van der Waals surface area contributed by atoms with E-state index in [0.717, 1.165) is 33.5 Å². The lowest BCUT2D eigenvalue weighted by Gasteiger charge is -2.17. The van der Waals surface area contributed by atoms with Crippen LogP contribution in [0.1, 0.15) is 28.8 Å². The molecule has 0 fully saturated rings. The SMILES string of the molecule is CNC(=O)c1ccc([C@H](C)CNc2cc(-c3ccc4c(cnn4C)c3)ncn2)c(OC)c1. The van der Waals surface area contributed by atoms with Crippen LogP contribution in [0.25, 0.3) is 22.2 Å². The van der Waals surface area contributed by atoms with Crippen LogP contribution in [-0.2, 0) is 7.05 Å². The lowest BCUT2D eigenvalue weighted by Crippen LogP contribution is -2.18. The Balaban J connectivity index is 1.50. The molecule has 32 heavy (non-hydrogen) atoms. The summed E-state index contributed by atoms with van der Waals surface area (Å²) in [5, 5.41) is 11.4. The maximum atomic E-state index is 11.9. The van der Waals surface area contributed by atoms with Crippen molar-refractivity contribution >= 4 is 22.6 Å². The number of ether oxygens (including phenoxy) is 1. The molecule has 0 radical (unpaired) electrons. The van der Waals surface area contributed by atoms with Crippen LogP contribution in [0, 0.1) is 0 Å². The van der Waals surface area contributed by atoms with E-state index < -0.39 is 0 Å². The molecule has 2 heterocycles. The van der Waals surface area contributed by atoms with Crippen molar-refractivity contribution in [2.75, 3.05) is 26.0 Å². The molecule has 4 rings (SSSR count). The number of amides is 1. The van der Waals surface area contributed by atoms with Crippen molar-refractivity contribution < 1.29 is 9.53 Å². The van der Waals surface area contributed by atoms with Crippen molar-refractivity contribution in [1.82, 2.24) is 25.1 Å². The van der Waals surface area contributed by atoms with Crippen LogP contribution in [0.5, 0.6) is 5.75 Å². The van der Waals surface area contributed by atoms with E-state index in [2.05, 4.69) is 38.7 Å². The molecule has 0 aliphatic carbocycles. The van der Waals surface area contributed by atoms with Crippen LogP contribution in [-0.4, -0.2) is 46.4 Å². The van der Waals surface area contributed by atoms with Gasteiger partial charge in [0, 0.05) is 49.1 Å². The summed E-state index contributed by atoms with van der Waals surface area (Å²) in [6.07, 6.45) is 3.41. The number of hydrogen-bond donors (Lipinski definition) is 2. The molecular formula is C24H26N6O2. The van der Waals surface area contributed by atoms with Crippen molar-refractivity contribution in [3.63, 3.8) is 0 Å². The van der Waals surface area contributed by atoms with Crippen molar-refractivity contribution in [2.45, 2.75) is 12.8 Å². The van der Waals surface area contributed by atoms with E-state index in [1.165, 1.54) is 0 Å². The largest absolute Gasteiger partial charge is 0.496 e. The van der Waals surface area contributed by atoms with Crippen molar-refractivity contribution in [3.8, 4) is 17.0 Å². The molecule has 0 aliphatic rings. The van der Waals surface area contributed by atoms with Gasteiger partial charge >= 0.3 is 0 Å². The number of methoxy groups -OCH3 is 1. The molecular weight excluding hydrogens is 404 g/mol. The predicted molar refractivity (Wildman–Crippen MR) is 125 cm³/mol. The van der Waals surface area contributed by atoms with Crippen LogP contribution in [0.2, 0.25) is 0 Å². The number of fused-ring (bicyclic) bond motifs is 1. The average Bonchev–Trinajstić information content (AvgIpc) is 3.21. The number of carbonyl (C=O) groups is 1. The molecule has 0 bridgehead atoms. The van der Waals surface area contributed by atoms with Crippen molar-refractivity contribution in [1.29, 1.82) is 0 Å². The second-order valence-corrected chi connectivity index (χ2v) is 7.65. The van der Waals surface area contributed by atoms with Gasteiger partial charge in [0.25, 0.3) is 5.91 Å². The topological polar surface area (TPSA) is 94.0 Å². The summed E-state index contributed by atoms with van der Waals surface area (Å²) in [4.78, 5) is 20.7.